The van der Waals surface area contributed by atoms with Crippen LogP contribution in [0, 0.1) is 17.8 Å². The average Bonchev–Trinajstić information content (AvgIpc) is 1.59. The molecule has 4 heterocycles. The van der Waals surface area contributed by atoms with Crippen LogP contribution in [-0.2, 0) is 58.3 Å². The van der Waals surface area contributed by atoms with E-state index in [0.717, 1.165) is 5.39 Å². The van der Waals surface area contributed by atoms with Gasteiger partial charge in [0.2, 0.25) is 55.4 Å². The van der Waals surface area contributed by atoms with Gasteiger partial charge < -0.3 is 50.0 Å². The fourth-order valence-corrected chi connectivity index (χ4v) is 14.1. The number of amides is 8. The first-order valence-electron chi connectivity index (χ1n) is 32.3. The molecule has 0 bridgehead atoms. The molecule has 4 aromatic rings. The molecular formula is C67H93ClN12O16S2. The van der Waals surface area contributed by atoms with Crippen molar-refractivity contribution >= 4 is 101 Å². The Labute approximate surface area is 577 Å². The minimum absolute atomic E-state index is 0.00306. The smallest absolute Gasteiger partial charge is 0.408 e. The van der Waals surface area contributed by atoms with E-state index in [1.165, 1.54) is 35.8 Å². The number of fused-ring (bicyclic) bond motifs is 2. The van der Waals surface area contributed by atoms with E-state index in [2.05, 4.69) is 64.3 Å². The predicted octanol–water partition coefficient (Wildman–Crippen LogP) is 6.92. The van der Waals surface area contributed by atoms with Gasteiger partial charge in [-0.05, 0) is 124 Å². The second-order valence-corrected chi connectivity index (χ2v) is 34.1. The number of rotatable bonds is 22. The molecule has 0 radical (unpaired) electrons. The van der Waals surface area contributed by atoms with Gasteiger partial charge in [-0.3, -0.25) is 38.2 Å². The first-order valence-corrected chi connectivity index (χ1v) is 35.8. The standard InChI is InChI=1S/C34H48N6O8S.C33H45ClN6O8S/c1-10-17-34(9,30(43)39-49(45,46)22-15-16-22)36-27(41)25-18-21(47-28-24-14-12-11-13-23(24)20(2)37-38-28)19-40(25)29(42)26(32(3,4)5)35-31(44)48-33(6,7)8;1-9-16-33(8,29(43)39-49(45,46)20-14-15-20)36-26(41)23-17-19(47-27-22-13-11-10-12-21(22)25(34)37-38-27)18-40(23)28(42)24(31(2,3)4)35-30(44)48-32(5,6)7/h10-14,21-22,25-26H,1,15-19H2,2-9H3,(H,35,44)(H,36,41)(H,39,43);9-13,19-20,23-24H,1,14-18H2,2-8H3,(H,35,44)(H,36,41)(H,39,43)/t21-,25+,26-,34-;19-,23+,24-,33-/m11/s1. The van der Waals surface area contributed by atoms with Crippen LogP contribution in [-0.4, -0.2) is 177 Å². The second kappa shape index (κ2) is 29.7. The van der Waals surface area contributed by atoms with E-state index in [1.54, 1.807) is 107 Å². The summed E-state index contributed by atoms with van der Waals surface area (Å²) in [5.41, 5.74) is -6.06. The first-order chi connectivity index (χ1) is 45.3. The van der Waals surface area contributed by atoms with Gasteiger partial charge >= 0.3 is 12.2 Å². The third-order valence-electron chi connectivity index (χ3n) is 16.5. The fraction of sp³-hybridized carbons (Fsp3) is 0.582. The molecule has 4 fully saturated rings. The number of aromatic nitrogens is 4. The molecule has 4 aliphatic rings. The van der Waals surface area contributed by atoms with Crippen molar-refractivity contribution < 1.29 is 74.1 Å². The maximum atomic E-state index is 14.4. The molecule has 2 aliphatic heterocycles. The van der Waals surface area contributed by atoms with Crippen LogP contribution in [0.25, 0.3) is 21.5 Å². The molecular weight excluding hydrogens is 1330 g/mol. The van der Waals surface area contributed by atoms with Crippen LogP contribution >= 0.6 is 11.6 Å². The zero-order chi connectivity index (χ0) is 73.1. The highest BCUT2D eigenvalue weighted by Crippen LogP contribution is 2.36. The summed E-state index contributed by atoms with van der Waals surface area (Å²) in [6.45, 7) is 32.6. The normalized spacial score (nSPS) is 20.1. The Balaban J connectivity index is 0.000000276. The van der Waals surface area contributed by atoms with Gasteiger partial charge in [-0.25, -0.2) is 26.4 Å². The number of hydrogen-bond acceptors (Lipinski definition) is 20. The lowest BCUT2D eigenvalue weighted by atomic mass is 9.85. The molecule has 0 unspecified atom stereocenters. The van der Waals surface area contributed by atoms with E-state index in [4.69, 9.17) is 30.5 Å². The molecule has 28 nitrogen and oxygen atoms in total. The van der Waals surface area contributed by atoms with Crippen molar-refractivity contribution in [2.45, 2.75) is 224 Å². The highest BCUT2D eigenvalue weighted by atomic mass is 35.5. The molecule has 2 aromatic carbocycles. The van der Waals surface area contributed by atoms with Crippen LogP contribution in [0.2, 0.25) is 5.15 Å². The van der Waals surface area contributed by atoms with Crippen molar-refractivity contribution in [3.8, 4) is 11.8 Å². The minimum atomic E-state index is -3.93. The molecule has 2 saturated heterocycles. The lowest BCUT2D eigenvalue weighted by molar-refractivity contribution is -0.143. The number of nitrogens with one attached hydrogen (secondary N) is 6. The molecule has 2 aromatic heterocycles. The maximum absolute atomic E-state index is 14.4. The fourth-order valence-electron chi connectivity index (χ4n) is 11.1. The van der Waals surface area contributed by atoms with Gasteiger partial charge in [0.25, 0.3) is 11.8 Å². The molecule has 0 spiro atoms. The Morgan fingerprint density at radius 1 is 0.551 bits per heavy atom. The van der Waals surface area contributed by atoms with Gasteiger partial charge in [-0.2, -0.15) is 5.10 Å². The van der Waals surface area contributed by atoms with Crippen LogP contribution in [0.5, 0.6) is 11.8 Å². The average molecular weight is 1420 g/mol. The van der Waals surface area contributed by atoms with Gasteiger partial charge in [0.1, 0.15) is 58.7 Å². The zero-order valence-corrected chi connectivity index (χ0v) is 60.7. The van der Waals surface area contributed by atoms with Gasteiger partial charge in [0.05, 0.1) is 29.3 Å². The van der Waals surface area contributed by atoms with Crippen LogP contribution in [0.4, 0.5) is 9.59 Å². The number of halogens is 1. The highest BCUT2D eigenvalue weighted by molar-refractivity contribution is 7.91. The van der Waals surface area contributed by atoms with E-state index >= 15 is 0 Å². The van der Waals surface area contributed by atoms with Crippen molar-refractivity contribution in [3.63, 3.8) is 0 Å². The maximum Gasteiger partial charge on any atom is 0.408 e. The second-order valence-electron chi connectivity index (χ2n) is 29.8. The van der Waals surface area contributed by atoms with E-state index < -0.39 is 148 Å². The Morgan fingerprint density at radius 3 is 1.24 bits per heavy atom. The number of sulfonamides is 2. The Morgan fingerprint density at radius 2 is 0.898 bits per heavy atom. The van der Waals surface area contributed by atoms with Crippen LogP contribution in [0.3, 0.4) is 0 Å². The summed E-state index contributed by atoms with van der Waals surface area (Å²) in [4.78, 5) is 112. The SMILES string of the molecule is C=CC[C@@](C)(NC(=O)[C@@H]1C[C@@H](Oc2nnc(C)c3ccccc23)CN1C(=O)[C@@H](NC(=O)OC(C)(C)C)C(C)(C)C)C(=O)NS(=O)(=O)C1CC1.C=CC[C@@](C)(NC(=O)[C@@H]1C[C@@H](Oc2nnc(Cl)c3ccccc23)CN1C(=O)[C@@H](NC(=O)OC(C)(C)C)C(C)(C)C)C(=O)NS(=O)(=O)C1CC1. The number of alkyl carbamates (subject to hydrolysis) is 2. The Bertz CT molecular complexity index is 3720. The number of carbonyl (C=O) groups is 8. The van der Waals surface area contributed by atoms with Crippen molar-refractivity contribution in [1.82, 2.24) is 60.9 Å². The summed E-state index contributed by atoms with van der Waals surface area (Å²) < 4.78 is 78.1. The van der Waals surface area contributed by atoms with E-state index in [0.29, 0.717) is 47.5 Å². The summed E-state index contributed by atoms with van der Waals surface area (Å²) >= 11 is 6.25. The quantitative estimate of drug-likeness (QED) is 0.0435. The summed E-state index contributed by atoms with van der Waals surface area (Å²) in [5.74, 6) is -4.11. The van der Waals surface area contributed by atoms with Gasteiger partial charge in [-0.1, -0.05) is 102 Å². The van der Waals surface area contributed by atoms with Crippen LogP contribution in [0.1, 0.15) is 154 Å². The Hall–Kier alpha value is -8.25. The molecule has 6 N–H and O–H groups in total. The predicted molar refractivity (Wildman–Crippen MR) is 366 cm³/mol. The van der Waals surface area contributed by atoms with Gasteiger partial charge in [0.15, 0.2) is 5.15 Å². The summed E-state index contributed by atoms with van der Waals surface area (Å²) in [7, 11) is -7.85. The molecule has 8 amide bonds. The van der Waals surface area contributed by atoms with Gasteiger partial charge in [0, 0.05) is 34.4 Å². The Kier molecular flexibility index (Phi) is 23.3. The van der Waals surface area contributed by atoms with Gasteiger partial charge in [-0.15, -0.1) is 28.5 Å². The van der Waals surface area contributed by atoms with Crippen molar-refractivity contribution in [3.05, 3.63) is 84.7 Å². The summed E-state index contributed by atoms with van der Waals surface area (Å²) in [6, 6.07) is 9.86. The largest absolute Gasteiger partial charge is 0.471 e. The van der Waals surface area contributed by atoms with E-state index in [-0.39, 0.29) is 55.7 Å². The molecule has 8 atom stereocenters. The van der Waals surface area contributed by atoms with Crippen LogP contribution in [0.15, 0.2) is 73.8 Å². The summed E-state index contributed by atoms with van der Waals surface area (Å²) in [5, 5.41) is 28.8. The van der Waals surface area contributed by atoms with Crippen molar-refractivity contribution in [2.75, 3.05) is 13.1 Å². The number of likely N-dealkylation sites (tertiary alicyclic amines) is 2. The minimum Gasteiger partial charge on any atom is -0.471 e. The molecule has 536 valence electrons. The van der Waals surface area contributed by atoms with Crippen molar-refractivity contribution in [2.24, 2.45) is 10.8 Å². The number of ether oxygens (including phenoxy) is 4. The first kappa shape index (κ1) is 77.1. The number of nitrogens with zero attached hydrogens (tertiary/aromatic N) is 6. The number of carbonyl (C=O) groups excluding carboxylic acids is 8. The number of hydrogen-bond donors (Lipinski definition) is 6. The van der Waals surface area contributed by atoms with E-state index in [9.17, 15) is 55.2 Å². The van der Waals surface area contributed by atoms with E-state index in [1.807, 2.05) is 31.2 Å². The molecule has 2 aliphatic carbocycles. The third-order valence-corrected chi connectivity index (χ3v) is 20.5. The molecule has 98 heavy (non-hydrogen) atoms. The number of benzene rings is 2. The third kappa shape index (κ3) is 19.6. The lowest BCUT2D eigenvalue weighted by Gasteiger charge is -2.36. The zero-order valence-electron chi connectivity index (χ0n) is 58.3. The molecule has 2 saturated carbocycles. The summed E-state index contributed by atoms with van der Waals surface area (Å²) in [6.07, 6.45) is 1.17. The number of aryl methyl sites for hydroxylation is 1. The highest BCUT2D eigenvalue weighted by Gasteiger charge is 2.52. The lowest BCUT2D eigenvalue weighted by Crippen LogP contribution is -2.62. The van der Waals surface area contributed by atoms with Crippen LogP contribution < -0.4 is 40.2 Å². The topological polar surface area (TPSA) is 372 Å². The molecule has 31 heteroatoms. The molecule has 8 rings (SSSR count). The van der Waals surface area contributed by atoms with Crippen molar-refractivity contribution in [1.29, 1.82) is 0 Å². The monoisotopic (exact) mass is 1420 g/mol.